The van der Waals surface area contributed by atoms with E-state index in [0.717, 1.165) is 50.6 Å². The van der Waals surface area contributed by atoms with Crippen LogP contribution in [0.15, 0.2) is 128 Å². The second-order valence-electron chi connectivity index (χ2n) is 8.24. The molecule has 0 bridgehead atoms. The predicted molar refractivity (Wildman–Crippen MR) is 144 cm³/mol. The van der Waals surface area contributed by atoms with Crippen LogP contribution >= 0.6 is 0 Å². The molecule has 0 atom stereocenters. The van der Waals surface area contributed by atoms with Crippen molar-refractivity contribution in [2.24, 2.45) is 0 Å². The standard InChI is InChI=1S/C21H13N5.C9H8N2.Pt/c1-2-7-14(8-3-1)19-13-20(25-24-19)17-11-6-12-18(22-17)21-15-9-4-5-10-16(15)23-26-21;1-2-5-9(6-3-1)11-8-4-7-10-11;/h1-13H;1-8H;/q-2;;+2. The number of pyridine rings is 1. The van der Waals surface area contributed by atoms with Crippen LogP contribution < -0.4 is 10.2 Å². The molecule has 0 aliphatic carbocycles. The Hall–Kier alpha value is -4.61. The average Bonchev–Trinajstić information content (AvgIpc) is 3.76. The van der Waals surface area contributed by atoms with Crippen LogP contribution in [0.5, 0.6) is 0 Å². The SMILES string of the molecule is [Pt+2].c1ccc(-c2cc(-c3cccc(-c4[n-]nc5ccccc45)n3)[n-]n2)cc1.c1ccc(-n2cccn2)cc1. The van der Waals surface area contributed by atoms with Crippen molar-refractivity contribution in [3.63, 3.8) is 0 Å². The minimum atomic E-state index is 0. The van der Waals surface area contributed by atoms with Crippen molar-refractivity contribution in [1.82, 2.24) is 35.2 Å². The molecule has 38 heavy (non-hydrogen) atoms. The molecule has 0 aliphatic rings. The molecule has 186 valence electrons. The van der Waals surface area contributed by atoms with E-state index in [1.807, 2.05) is 126 Å². The molecule has 4 heterocycles. The van der Waals surface area contributed by atoms with E-state index in [9.17, 15) is 0 Å². The third kappa shape index (κ3) is 5.38. The minimum absolute atomic E-state index is 0. The van der Waals surface area contributed by atoms with Gasteiger partial charge in [0.15, 0.2) is 0 Å². The van der Waals surface area contributed by atoms with Crippen LogP contribution in [-0.4, -0.2) is 25.0 Å². The van der Waals surface area contributed by atoms with Gasteiger partial charge >= 0.3 is 21.1 Å². The molecular weight excluding hydrogens is 653 g/mol. The molecule has 0 saturated carbocycles. The molecular formula is C30H21N7Pt. The van der Waals surface area contributed by atoms with E-state index in [2.05, 4.69) is 25.5 Å². The maximum absolute atomic E-state index is 4.74. The summed E-state index contributed by atoms with van der Waals surface area (Å²) in [5, 5.41) is 22.2. The van der Waals surface area contributed by atoms with Crippen LogP contribution in [0, 0.1) is 0 Å². The van der Waals surface area contributed by atoms with E-state index >= 15 is 0 Å². The van der Waals surface area contributed by atoms with Gasteiger partial charge in [0.1, 0.15) is 0 Å². The number of para-hydroxylation sites is 1. The largest absolute Gasteiger partial charge is 2.00 e. The maximum Gasteiger partial charge on any atom is 2.00 e. The van der Waals surface area contributed by atoms with Gasteiger partial charge in [-0.1, -0.05) is 84.2 Å². The average molecular weight is 675 g/mol. The zero-order valence-corrected chi connectivity index (χ0v) is 22.3. The molecule has 7 rings (SSSR count). The number of rotatable bonds is 4. The number of aromatic nitrogens is 7. The third-order valence-electron chi connectivity index (χ3n) is 5.80. The molecule has 7 nitrogen and oxygen atoms in total. The van der Waals surface area contributed by atoms with Gasteiger partial charge in [-0.15, -0.1) is 0 Å². The van der Waals surface area contributed by atoms with Crippen LogP contribution in [0.2, 0.25) is 0 Å². The zero-order valence-electron chi connectivity index (χ0n) is 20.1. The van der Waals surface area contributed by atoms with Crippen molar-refractivity contribution in [2.75, 3.05) is 0 Å². The molecule has 0 unspecified atom stereocenters. The first-order valence-electron chi connectivity index (χ1n) is 11.8. The van der Waals surface area contributed by atoms with Crippen molar-refractivity contribution in [3.8, 4) is 39.7 Å². The molecule has 0 spiro atoms. The van der Waals surface area contributed by atoms with Crippen molar-refractivity contribution in [2.45, 2.75) is 0 Å². The molecule has 0 amide bonds. The van der Waals surface area contributed by atoms with Gasteiger partial charge in [0.05, 0.1) is 17.1 Å². The molecule has 0 N–H and O–H groups in total. The summed E-state index contributed by atoms with van der Waals surface area (Å²) in [6, 6.07) is 37.6. The van der Waals surface area contributed by atoms with Crippen LogP contribution in [0.3, 0.4) is 0 Å². The van der Waals surface area contributed by atoms with E-state index in [-0.39, 0.29) is 21.1 Å². The summed E-state index contributed by atoms with van der Waals surface area (Å²) >= 11 is 0. The normalized spacial score (nSPS) is 10.4. The molecule has 0 saturated heterocycles. The molecule has 8 heteroatoms. The fraction of sp³-hybridized carbons (Fsp3) is 0. The summed E-state index contributed by atoms with van der Waals surface area (Å²) < 4.78 is 1.83. The maximum atomic E-state index is 4.74. The van der Waals surface area contributed by atoms with Crippen LogP contribution in [0.4, 0.5) is 0 Å². The first kappa shape index (κ1) is 25.1. The van der Waals surface area contributed by atoms with Crippen molar-refractivity contribution >= 4 is 10.9 Å². The van der Waals surface area contributed by atoms with Crippen molar-refractivity contribution in [1.29, 1.82) is 0 Å². The Kier molecular flexibility index (Phi) is 7.67. The Bertz CT molecular complexity index is 1720. The Labute approximate surface area is 233 Å². The number of nitrogens with zero attached hydrogens (tertiary/aromatic N) is 7. The monoisotopic (exact) mass is 674 g/mol. The van der Waals surface area contributed by atoms with E-state index in [1.165, 1.54) is 0 Å². The number of benzene rings is 3. The first-order chi connectivity index (χ1) is 18.3. The minimum Gasteiger partial charge on any atom is -0.573 e. The van der Waals surface area contributed by atoms with Gasteiger partial charge in [0.2, 0.25) is 0 Å². The van der Waals surface area contributed by atoms with Crippen molar-refractivity contribution in [3.05, 3.63) is 128 Å². The number of hydrogen-bond acceptors (Lipinski definition) is 4. The summed E-state index contributed by atoms with van der Waals surface area (Å²) in [4.78, 5) is 4.74. The van der Waals surface area contributed by atoms with Gasteiger partial charge in [-0.3, -0.25) is 4.98 Å². The smallest absolute Gasteiger partial charge is 0.573 e. The third-order valence-corrected chi connectivity index (χ3v) is 5.80. The second kappa shape index (κ2) is 11.6. The van der Waals surface area contributed by atoms with E-state index in [0.29, 0.717) is 0 Å². The molecule has 4 aromatic heterocycles. The fourth-order valence-corrected chi connectivity index (χ4v) is 3.99. The van der Waals surface area contributed by atoms with Crippen molar-refractivity contribution < 1.29 is 21.1 Å². The van der Waals surface area contributed by atoms with E-state index < -0.39 is 0 Å². The Morgan fingerprint density at radius 1 is 0.605 bits per heavy atom. The Morgan fingerprint density at radius 3 is 2.13 bits per heavy atom. The zero-order chi connectivity index (χ0) is 24.9. The number of hydrogen-bond donors (Lipinski definition) is 0. The summed E-state index contributed by atoms with van der Waals surface area (Å²) in [6.45, 7) is 0. The van der Waals surface area contributed by atoms with E-state index in [4.69, 9.17) is 4.98 Å². The quantitative estimate of drug-likeness (QED) is 0.235. The van der Waals surface area contributed by atoms with E-state index in [1.54, 1.807) is 6.20 Å². The van der Waals surface area contributed by atoms with Gasteiger partial charge in [0, 0.05) is 23.6 Å². The van der Waals surface area contributed by atoms with Crippen LogP contribution in [0.25, 0.3) is 50.6 Å². The summed E-state index contributed by atoms with van der Waals surface area (Å²) in [5.74, 6) is 0. The van der Waals surface area contributed by atoms with Crippen LogP contribution in [-0.2, 0) is 21.1 Å². The number of fused-ring (bicyclic) bond motifs is 1. The molecule has 3 aromatic carbocycles. The summed E-state index contributed by atoms with van der Waals surface area (Å²) in [7, 11) is 0. The topological polar surface area (TPSA) is 84.7 Å². The van der Waals surface area contributed by atoms with Gasteiger partial charge in [-0.2, -0.15) is 5.10 Å². The molecule has 0 radical (unpaired) electrons. The molecule has 7 aromatic rings. The van der Waals surface area contributed by atoms with Gasteiger partial charge in [-0.25, -0.2) is 4.68 Å². The summed E-state index contributed by atoms with van der Waals surface area (Å²) in [5.41, 5.74) is 6.91. The first-order valence-corrected chi connectivity index (χ1v) is 11.8. The summed E-state index contributed by atoms with van der Waals surface area (Å²) in [6.07, 6.45) is 3.70. The van der Waals surface area contributed by atoms with Gasteiger partial charge in [-0.05, 0) is 53.4 Å². The predicted octanol–water partition coefficient (Wildman–Crippen LogP) is 5.81. The molecule has 0 fully saturated rings. The second-order valence-corrected chi connectivity index (χ2v) is 8.24. The van der Waals surface area contributed by atoms with Crippen LogP contribution in [0.1, 0.15) is 0 Å². The Balaban J connectivity index is 0.000000206. The fourth-order valence-electron chi connectivity index (χ4n) is 3.99. The van der Waals surface area contributed by atoms with Gasteiger partial charge in [0.25, 0.3) is 0 Å². The van der Waals surface area contributed by atoms with Gasteiger partial charge < -0.3 is 20.4 Å². The Morgan fingerprint density at radius 2 is 1.34 bits per heavy atom. The molecule has 0 aliphatic heterocycles.